The molecule has 3 heteroatoms. The van der Waals surface area contributed by atoms with Gasteiger partial charge < -0.3 is 0 Å². The van der Waals surface area contributed by atoms with Crippen LogP contribution in [-0.4, -0.2) is 8.95 Å². The summed E-state index contributed by atoms with van der Waals surface area (Å²) in [4.78, 5) is 19.3. The second-order valence-electron chi connectivity index (χ2n) is 0.733. The minimum absolute atomic E-state index is 0.650. The molecule has 7 heavy (non-hydrogen) atoms. The van der Waals surface area contributed by atoms with Gasteiger partial charge in [-0.05, 0) is 0 Å². The zero-order valence-corrected chi connectivity index (χ0v) is 5.62. The van der Waals surface area contributed by atoms with Crippen LogP contribution in [0.1, 0.15) is 6.92 Å². The minimum atomic E-state index is -1.82. The maximum absolute atomic E-state index is 9.64. The van der Waals surface area contributed by atoms with Gasteiger partial charge in [0, 0.05) is 0 Å². The predicted octanol–water partition coefficient (Wildman–Crippen LogP) is 0.177. The zero-order valence-electron chi connectivity index (χ0n) is 3.88. The predicted molar refractivity (Wildman–Crippen MR) is 21.9 cm³/mol. The summed E-state index contributed by atoms with van der Waals surface area (Å²) in [6, 6.07) is 0. The fourth-order valence-corrected chi connectivity index (χ4v) is 0.691. The van der Waals surface area contributed by atoms with Gasteiger partial charge in [-0.15, -0.1) is 0 Å². The molecule has 0 aliphatic carbocycles. The van der Waals surface area contributed by atoms with Gasteiger partial charge in [0.05, 0.1) is 0 Å². The van der Waals surface area contributed by atoms with Crippen LogP contribution in [0.5, 0.6) is 0 Å². The molecule has 0 bridgehead atoms. The van der Waals surface area contributed by atoms with Gasteiger partial charge in [0.15, 0.2) is 0 Å². The number of hydrogen-bond donors (Lipinski definition) is 0. The first-order chi connectivity index (χ1) is 3.35. The van der Waals surface area contributed by atoms with Crippen molar-refractivity contribution in [2.24, 2.45) is 0 Å². The summed E-state index contributed by atoms with van der Waals surface area (Å²) in [5, 5.41) is 0.650. The van der Waals surface area contributed by atoms with Crippen molar-refractivity contribution in [3.8, 4) is 0 Å². The van der Waals surface area contributed by atoms with Gasteiger partial charge in [-0.1, -0.05) is 0 Å². The van der Waals surface area contributed by atoms with Gasteiger partial charge in [0.1, 0.15) is 0 Å². The van der Waals surface area contributed by atoms with E-state index >= 15 is 0 Å². The first-order valence-electron chi connectivity index (χ1n) is 1.72. The van der Waals surface area contributed by atoms with Crippen molar-refractivity contribution in [1.29, 1.82) is 0 Å². The molecule has 0 unspecified atom stereocenters. The van der Waals surface area contributed by atoms with Gasteiger partial charge in [-0.3, -0.25) is 0 Å². The molecule has 41 valence electrons. The van der Waals surface area contributed by atoms with E-state index in [-0.39, 0.29) is 0 Å². The van der Waals surface area contributed by atoms with E-state index in [0.29, 0.717) is 5.02 Å². The van der Waals surface area contributed by atoms with Crippen molar-refractivity contribution in [3.63, 3.8) is 0 Å². The maximum atomic E-state index is 9.64. The van der Waals surface area contributed by atoms with Gasteiger partial charge in [-0.2, -0.15) is 0 Å². The fraction of sp³-hybridized carbons (Fsp3) is 0.500. The Balaban J connectivity index is 4.53. The van der Waals surface area contributed by atoms with Crippen LogP contribution in [0.2, 0.25) is 5.02 Å². The van der Waals surface area contributed by atoms with Crippen molar-refractivity contribution in [2.75, 3.05) is 0 Å². The zero-order chi connectivity index (χ0) is 5.70. The molecular formula is C4H5O2Ru. The van der Waals surface area contributed by atoms with Crippen LogP contribution in [0.15, 0.2) is 0 Å². The summed E-state index contributed by atoms with van der Waals surface area (Å²) >= 11 is -1.82. The van der Waals surface area contributed by atoms with Crippen molar-refractivity contribution in [3.05, 3.63) is 0 Å². The Kier molecular flexibility index (Phi) is 3.83. The Morgan fingerprint density at radius 1 is 1.43 bits per heavy atom. The molecule has 0 spiro atoms. The molecule has 0 N–H and O–H groups in total. The molecule has 0 aliphatic rings. The van der Waals surface area contributed by atoms with Crippen LogP contribution < -0.4 is 0 Å². The number of carbonyl (C=O) groups excluding carboxylic acids is 2. The molecule has 0 aromatic rings. The quantitative estimate of drug-likeness (QED) is 0.547. The fourth-order valence-electron chi connectivity index (χ4n) is 0.117. The van der Waals surface area contributed by atoms with E-state index < -0.39 is 15.0 Å². The molecule has 0 aromatic carbocycles. The van der Waals surface area contributed by atoms with Gasteiger partial charge in [0.2, 0.25) is 0 Å². The van der Waals surface area contributed by atoms with Crippen LogP contribution >= 0.6 is 0 Å². The van der Waals surface area contributed by atoms with E-state index in [0.717, 1.165) is 0 Å². The average molecular weight is 186 g/mol. The molecule has 0 heterocycles. The average Bonchev–Trinajstić information content (AvgIpc) is 1.72. The van der Waals surface area contributed by atoms with Crippen LogP contribution in [0.25, 0.3) is 0 Å². The Bertz CT molecular complexity index is 150. The number of rotatable bonds is 1. The topological polar surface area (TPSA) is 34.1 Å². The summed E-state index contributed by atoms with van der Waals surface area (Å²) < 4.78 is 3.34. The van der Waals surface area contributed by atoms with Crippen LogP contribution in [-0.2, 0) is 24.6 Å². The monoisotopic (exact) mass is 187 g/mol. The molecule has 0 atom stereocenters. The van der Waals surface area contributed by atoms with Gasteiger partial charge in [-0.25, -0.2) is 0 Å². The summed E-state index contributed by atoms with van der Waals surface area (Å²) in [5.41, 5.74) is 0. The molecule has 0 saturated carbocycles. The van der Waals surface area contributed by atoms with E-state index in [2.05, 4.69) is 0 Å². The summed E-state index contributed by atoms with van der Waals surface area (Å²) in [6.45, 7) is 1.80. The summed E-state index contributed by atoms with van der Waals surface area (Å²) in [6.07, 6.45) is 0. The normalized spacial score (nSPS) is 7.71. The van der Waals surface area contributed by atoms with Crippen LogP contribution in [0.3, 0.4) is 0 Å². The third-order valence-electron chi connectivity index (χ3n) is 0.424. The van der Waals surface area contributed by atoms with Gasteiger partial charge in [0.25, 0.3) is 0 Å². The second kappa shape index (κ2) is 3.96. The van der Waals surface area contributed by atoms with Crippen molar-refractivity contribution in [1.82, 2.24) is 0 Å². The standard InChI is InChI=1S/C2H5.2CO.Ru/c3*1-2;/h1H2,2H3;;;. The third-order valence-corrected chi connectivity index (χ3v) is 2.51. The molecule has 0 saturated heterocycles. The molecular weight excluding hydrogens is 181 g/mol. The van der Waals surface area contributed by atoms with E-state index in [1.54, 1.807) is 15.9 Å². The third kappa shape index (κ3) is 2.48. The van der Waals surface area contributed by atoms with Gasteiger partial charge >= 0.3 is 45.5 Å². The van der Waals surface area contributed by atoms with Crippen LogP contribution in [0.4, 0.5) is 0 Å². The van der Waals surface area contributed by atoms with E-state index in [1.807, 2.05) is 0 Å². The van der Waals surface area contributed by atoms with Crippen molar-refractivity contribution < 1.29 is 24.6 Å². The summed E-state index contributed by atoms with van der Waals surface area (Å²) in [7, 11) is 0. The van der Waals surface area contributed by atoms with Crippen LogP contribution in [0, 0.1) is 0 Å². The first-order valence-corrected chi connectivity index (χ1v) is 4.69. The molecule has 2 nitrogen and oxygen atoms in total. The Labute approximate surface area is 46.1 Å². The summed E-state index contributed by atoms with van der Waals surface area (Å²) in [5.74, 6) is 0. The molecule has 0 rings (SSSR count). The van der Waals surface area contributed by atoms with E-state index in [4.69, 9.17) is 0 Å². The Morgan fingerprint density at radius 2 is 1.86 bits per heavy atom. The Hall–Kier alpha value is -0.217. The Morgan fingerprint density at radius 3 is 1.86 bits per heavy atom. The molecule has 0 aromatic heterocycles. The SMILES string of the molecule is C[CH2][Ru](=[C]=O)=[C]=O. The molecule has 0 amide bonds. The van der Waals surface area contributed by atoms with Crippen molar-refractivity contribution >= 4 is 8.95 Å². The van der Waals surface area contributed by atoms with Crippen molar-refractivity contribution in [2.45, 2.75) is 11.9 Å². The molecule has 0 radical (unpaired) electrons. The first kappa shape index (κ1) is 6.78. The molecule has 0 fully saturated rings. The van der Waals surface area contributed by atoms with E-state index in [9.17, 15) is 9.59 Å². The number of hydrogen-bond acceptors (Lipinski definition) is 2. The second-order valence-corrected chi connectivity index (χ2v) is 4.33. The van der Waals surface area contributed by atoms with E-state index in [1.165, 1.54) is 0 Å². The molecule has 0 aliphatic heterocycles.